The summed E-state index contributed by atoms with van der Waals surface area (Å²) in [4.78, 5) is 34.1. The number of esters is 1. The van der Waals surface area contributed by atoms with Gasteiger partial charge in [0.1, 0.15) is 12.7 Å². The van der Waals surface area contributed by atoms with E-state index in [1.807, 2.05) is 0 Å². The van der Waals surface area contributed by atoms with E-state index < -0.39 is 26.5 Å². The number of nitrogens with one attached hydrogen (secondary N) is 1. The largest absolute Gasteiger partial charge is 0.472 e. The first kappa shape index (κ1) is 63.0. The van der Waals surface area contributed by atoms with Crippen LogP contribution in [0.5, 0.6) is 0 Å². The van der Waals surface area contributed by atoms with E-state index in [1.165, 1.54) is 238 Å². The van der Waals surface area contributed by atoms with Crippen molar-refractivity contribution < 1.29 is 37.9 Å². The van der Waals surface area contributed by atoms with E-state index >= 15 is 0 Å². The van der Waals surface area contributed by atoms with Gasteiger partial charge in [-0.2, -0.15) is 0 Å². The van der Waals surface area contributed by atoms with Crippen LogP contribution in [-0.4, -0.2) is 54.3 Å². The van der Waals surface area contributed by atoms with Crippen LogP contribution in [0.15, 0.2) is 0 Å². The highest BCUT2D eigenvalue weighted by Crippen LogP contribution is 2.42. The van der Waals surface area contributed by atoms with E-state index in [0.717, 1.165) is 38.5 Å². The maximum absolute atomic E-state index is 12.2. The molecule has 3 N–H and O–H groups in total. The van der Waals surface area contributed by atoms with Crippen LogP contribution in [0.25, 0.3) is 0 Å². The lowest BCUT2D eigenvalue weighted by molar-refractivity contribution is -0.147. The van der Waals surface area contributed by atoms with Crippen molar-refractivity contribution >= 4 is 19.7 Å². The van der Waals surface area contributed by atoms with E-state index in [1.54, 1.807) is 0 Å². The molecule has 0 aromatic heterocycles. The van der Waals surface area contributed by atoms with Crippen molar-refractivity contribution in [3.8, 4) is 0 Å². The molecule has 0 saturated heterocycles. The monoisotopic (exact) mass is 930 g/mol. The molecule has 0 aliphatic heterocycles. The molecule has 0 aromatic rings. The van der Waals surface area contributed by atoms with Gasteiger partial charge in [-0.3, -0.25) is 18.6 Å². The summed E-state index contributed by atoms with van der Waals surface area (Å²) in [6, 6.07) is 0. The van der Waals surface area contributed by atoms with Crippen molar-refractivity contribution in [1.29, 1.82) is 0 Å². The first-order valence-corrected chi connectivity index (χ1v) is 29.5. The molecule has 0 radical (unpaired) electrons. The summed E-state index contributed by atoms with van der Waals surface area (Å²) < 4.78 is 27.1. The number of ether oxygens (including phenoxy) is 1. The lowest BCUT2D eigenvalue weighted by atomic mass is 10.0. The number of aliphatic hydroxyl groups is 1. The summed E-state index contributed by atoms with van der Waals surface area (Å²) in [5.41, 5.74) is 0. The Morgan fingerprint density at radius 3 is 1.02 bits per heavy atom. The molecule has 10 heteroatoms. The predicted molar refractivity (Wildman–Crippen MR) is 271 cm³/mol. The molecule has 0 aliphatic rings. The second kappa shape index (κ2) is 51.4. The Balaban J connectivity index is 3.48. The normalized spacial score (nSPS) is 13.0. The van der Waals surface area contributed by atoms with Gasteiger partial charge in [0.2, 0.25) is 5.91 Å². The maximum Gasteiger partial charge on any atom is 0.472 e. The maximum atomic E-state index is 12.2. The van der Waals surface area contributed by atoms with Crippen LogP contribution in [0.4, 0.5) is 0 Å². The number of phosphoric ester groups is 1. The number of carbonyl (C=O) groups is 2. The number of hydrogen-bond acceptors (Lipinski definition) is 7. The molecular formula is C54H108NO8P. The molecule has 2 unspecified atom stereocenters. The van der Waals surface area contributed by atoms with Gasteiger partial charge in [0.15, 0.2) is 0 Å². The first-order valence-electron chi connectivity index (χ1n) is 28.0. The quantitative estimate of drug-likeness (QED) is 0.0312. The van der Waals surface area contributed by atoms with Crippen LogP contribution in [0.2, 0.25) is 0 Å². The van der Waals surface area contributed by atoms with Gasteiger partial charge in [0.25, 0.3) is 0 Å². The van der Waals surface area contributed by atoms with Gasteiger partial charge in [-0.25, -0.2) is 4.57 Å². The SMILES string of the molecule is CCCCCCCCCCCCCCCCCCCCCCCCC(=O)NCCOP(=O)(O)OCC(O)COC(=O)CCCCCCCCCCCCCCCCCCCCCCC. The third kappa shape index (κ3) is 52.0. The molecule has 0 heterocycles. The van der Waals surface area contributed by atoms with Gasteiger partial charge in [-0.15, -0.1) is 0 Å². The highest BCUT2D eigenvalue weighted by molar-refractivity contribution is 7.47. The average molecular weight is 930 g/mol. The molecule has 0 bridgehead atoms. The fraction of sp³-hybridized carbons (Fsp3) is 0.963. The summed E-state index contributed by atoms with van der Waals surface area (Å²) in [6.07, 6.45) is 56.3. The van der Waals surface area contributed by atoms with Gasteiger partial charge < -0.3 is 20.1 Å². The predicted octanol–water partition coefficient (Wildman–Crippen LogP) is 16.7. The Morgan fingerprint density at radius 1 is 0.422 bits per heavy atom. The van der Waals surface area contributed by atoms with E-state index in [0.29, 0.717) is 12.8 Å². The Morgan fingerprint density at radius 2 is 0.703 bits per heavy atom. The molecule has 0 saturated carbocycles. The van der Waals surface area contributed by atoms with E-state index in [-0.39, 0.29) is 25.7 Å². The summed E-state index contributed by atoms with van der Waals surface area (Å²) in [5, 5.41) is 12.8. The van der Waals surface area contributed by atoms with Gasteiger partial charge in [-0.05, 0) is 12.8 Å². The highest BCUT2D eigenvalue weighted by Gasteiger charge is 2.23. The summed E-state index contributed by atoms with van der Waals surface area (Å²) in [5.74, 6) is -0.495. The molecule has 382 valence electrons. The van der Waals surface area contributed by atoms with Crippen LogP contribution < -0.4 is 5.32 Å². The fourth-order valence-corrected chi connectivity index (χ4v) is 9.32. The average Bonchev–Trinajstić information content (AvgIpc) is 3.28. The zero-order chi connectivity index (χ0) is 46.7. The molecule has 2 atom stereocenters. The smallest absolute Gasteiger partial charge is 0.463 e. The number of carbonyl (C=O) groups excluding carboxylic acids is 2. The summed E-state index contributed by atoms with van der Waals surface area (Å²) in [6.45, 7) is 3.64. The van der Waals surface area contributed by atoms with Crippen molar-refractivity contribution in [3.63, 3.8) is 0 Å². The second-order valence-corrected chi connectivity index (χ2v) is 20.7. The van der Waals surface area contributed by atoms with Crippen LogP contribution in [0.1, 0.15) is 303 Å². The van der Waals surface area contributed by atoms with Crippen molar-refractivity contribution in [1.82, 2.24) is 5.32 Å². The lowest BCUT2D eigenvalue weighted by Crippen LogP contribution is -2.27. The number of aliphatic hydroxyl groups excluding tert-OH is 1. The molecule has 0 aromatic carbocycles. The second-order valence-electron chi connectivity index (χ2n) is 19.3. The van der Waals surface area contributed by atoms with Gasteiger partial charge >= 0.3 is 13.8 Å². The third-order valence-electron chi connectivity index (χ3n) is 12.8. The standard InChI is InChI=1S/C54H108NO8P/c1-3-5-7-9-11-13-15-17-19-21-23-25-27-28-30-32-34-36-38-40-42-44-46-53(57)55-48-49-62-64(59,60)63-51-52(56)50-61-54(58)47-45-43-41-39-37-35-33-31-29-26-24-22-20-18-16-14-12-10-8-6-4-2/h52,56H,3-51H2,1-2H3,(H,55,57)(H,59,60). The van der Waals surface area contributed by atoms with Gasteiger partial charge in [-0.1, -0.05) is 277 Å². The summed E-state index contributed by atoms with van der Waals surface area (Å²) >= 11 is 0. The number of unbranched alkanes of at least 4 members (excludes halogenated alkanes) is 41. The number of phosphoric acid groups is 1. The van der Waals surface area contributed by atoms with Crippen molar-refractivity contribution in [2.45, 2.75) is 309 Å². The molecular weight excluding hydrogens is 822 g/mol. The molecule has 0 aliphatic carbocycles. The molecule has 64 heavy (non-hydrogen) atoms. The zero-order valence-corrected chi connectivity index (χ0v) is 43.4. The Bertz CT molecular complexity index is 1020. The number of hydrogen-bond donors (Lipinski definition) is 3. The fourth-order valence-electron chi connectivity index (χ4n) is 8.56. The highest BCUT2D eigenvalue weighted by atomic mass is 31.2. The van der Waals surface area contributed by atoms with Gasteiger partial charge in [0, 0.05) is 19.4 Å². The summed E-state index contributed by atoms with van der Waals surface area (Å²) in [7, 11) is -4.42. The first-order chi connectivity index (χ1) is 31.3. The van der Waals surface area contributed by atoms with Crippen molar-refractivity contribution in [3.05, 3.63) is 0 Å². The van der Waals surface area contributed by atoms with Crippen LogP contribution in [-0.2, 0) is 27.9 Å². The zero-order valence-electron chi connectivity index (χ0n) is 42.5. The molecule has 0 spiro atoms. The lowest BCUT2D eigenvalue weighted by Gasteiger charge is -2.15. The molecule has 1 amide bonds. The Hall–Kier alpha value is -0.990. The van der Waals surface area contributed by atoms with E-state index in [2.05, 4.69) is 19.2 Å². The molecule has 9 nitrogen and oxygen atoms in total. The van der Waals surface area contributed by atoms with Crippen LogP contribution in [0, 0.1) is 0 Å². The number of amides is 1. The van der Waals surface area contributed by atoms with Gasteiger partial charge in [0.05, 0.1) is 13.2 Å². The number of rotatable bonds is 54. The van der Waals surface area contributed by atoms with Crippen LogP contribution >= 0.6 is 7.82 Å². The minimum atomic E-state index is -4.42. The Labute approximate surface area is 396 Å². The van der Waals surface area contributed by atoms with E-state index in [4.69, 9.17) is 13.8 Å². The van der Waals surface area contributed by atoms with Crippen LogP contribution in [0.3, 0.4) is 0 Å². The molecule has 0 fully saturated rings. The van der Waals surface area contributed by atoms with E-state index in [9.17, 15) is 24.2 Å². The van der Waals surface area contributed by atoms with Crippen molar-refractivity contribution in [2.24, 2.45) is 0 Å². The third-order valence-corrected chi connectivity index (χ3v) is 13.8. The minimum absolute atomic E-state index is 0.0890. The van der Waals surface area contributed by atoms with Crippen molar-refractivity contribution in [2.75, 3.05) is 26.4 Å². The Kier molecular flexibility index (Phi) is 50.6. The topological polar surface area (TPSA) is 131 Å². The minimum Gasteiger partial charge on any atom is -0.463 e. The molecule has 0 rings (SSSR count).